The molecule has 1 fully saturated rings. The number of aryl methyl sites for hydroxylation is 1. The van der Waals surface area contributed by atoms with Crippen LogP contribution in [0.5, 0.6) is 0 Å². The molecule has 0 radical (unpaired) electrons. The van der Waals surface area contributed by atoms with E-state index in [4.69, 9.17) is 0 Å². The number of benzene rings is 1. The van der Waals surface area contributed by atoms with Crippen molar-refractivity contribution in [3.63, 3.8) is 0 Å². The summed E-state index contributed by atoms with van der Waals surface area (Å²) in [7, 11) is 0. The molecule has 4 nitrogen and oxygen atoms in total. The van der Waals surface area contributed by atoms with Gasteiger partial charge in [0.05, 0.1) is 5.52 Å². The molecule has 1 aliphatic rings. The zero-order valence-corrected chi connectivity index (χ0v) is 14.7. The van der Waals surface area contributed by atoms with Gasteiger partial charge in [0.2, 0.25) is 5.91 Å². The van der Waals surface area contributed by atoms with Crippen molar-refractivity contribution in [1.29, 1.82) is 0 Å². The summed E-state index contributed by atoms with van der Waals surface area (Å²) in [6.45, 7) is 7.24. The van der Waals surface area contributed by atoms with Gasteiger partial charge in [-0.15, -0.1) is 0 Å². The molecule has 1 saturated heterocycles. The Kier molecular flexibility index (Phi) is 5.46. The third-order valence-corrected chi connectivity index (χ3v) is 5.09. The molecule has 4 heteroatoms. The highest BCUT2D eigenvalue weighted by molar-refractivity contribution is 5.85. The van der Waals surface area contributed by atoms with Crippen LogP contribution < -0.4 is 5.32 Å². The number of nitrogens with zero attached hydrogens (tertiary/aromatic N) is 2. The van der Waals surface area contributed by atoms with Gasteiger partial charge in [-0.2, -0.15) is 0 Å². The number of nitrogens with one attached hydrogen (secondary N) is 1. The summed E-state index contributed by atoms with van der Waals surface area (Å²) in [5, 5.41) is 4.20. The molecule has 128 valence electrons. The molecule has 1 aliphatic heterocycles. The van der Waals surface area contributed by atoms with Gasteiger partial charge >= 0.3 is 0 Å². The molecule has 0 aliphatic carbocycles. The van der Waals surface area contributed by atoms with E-state index in [2.05, 4.69) is 47.2 Å². The minimum Gasteiger partial charge on any atom is -0.352 e. The molecule has 0 bridgehead atoms. The van der Waals surface area contributed by atoms with Gasteiger partial charge in [0.25, 0.3) is 0 Å². The highest BCUT2D eigenvalue weighted by atomic mass is 16.1. The zero-order chi connectivity index (χ0) is 16.9. The molecular weight excluding hydrogens is 298 g/mol. The Hall–Kier alpha value is -1.94. The van der Waals surface area contributed by atoms with Crippen LogP contribution in [0.1, 0.15) is 43.7 Å². The van der Waals surface area contributed by atoms with Gasteiger partial charge in [0, 0.05) is 30.6 Å². The van der Waals surface area contributed by atoms with Crippen molar-refractivity contribution in [3.8, 4) is 0 Å². The van der Waals surface area contributed by atoms with Crippen molar-refractivity contribution in [2.24, 2.45) is 0 Å². The Balaban J connectivity index is 1.54. The molecule has 0 saturated carbocycles. The Labute approximate surface area is 144 Å². The summed E-state index contributed by atoms with van der Waals surface area (Å²) in [6, 6.07) is 8.69. The van der Waals surface area contributed by atoms with Crippen LogP contribution in [0.15, 0.2) is 30.5 Å². The fraction of sp³-hybridized carbons (Fsp3) is 0.500. The van der Waals surface area contributed by atoms with Crippen molar-refractivity contribution >= 4 is 16.8 Å². The van der Waals surface area contributed by atoms with Gasteiger partial charge in [-0.1, -0.05) is 18.2 Å². The van der Waals surface area contributed by atoms with Gasteiger partial charge < -0.3 is 10.2 Å². The number of likely N-dealkylation sites (tertiary alicyclic amines) is 1. The summed E-state index contributed by atoms with van der Waals surface area (Å²) >= 11 is 0. The SMILES string of the molecule is Cc1ccc(CNC(=O)CC[C@H](C)N2CCCC2)c2cccnc12. The molecule has 1 aromatic carbocycles. The molecular formula is C20H27N3O. The number of amides is 1. The van der Waals surface area contributed by atoms with Gasteiger partial charge in [-0.3, -0.25) is 9.78 Å². The second-order valence-corrected chi connectivity index (χ2v) is 6.85. The lowest BCUT2D eigenvalue weighted by Gasteiger charge is -2.23. The monoisotopic (exact) mass is 325 g/mol. The first-order valence-electron chi connectivity index (χ1n) is 8.99. The zero-order valence-electron chi connectivity index (χ0n) is 14.7. The summed E-state index contributed by atoms with van der Waals surface area (Å²) in [6.07, 6.45) is 5.94. The normalized spacial score (nSPS) is 16.4. The third-order valence-electron chi connectivity index (χ3n) is 5.09. The van der Waals surface area contributed by atoms with Gasteiger partial charge in [0.15, 0.2) is 0 Å². The van der Waals surface area contributed by atoms with E-state index in [1.165, 1.54) is 31.5 Å². The van der Waals surface area contributed by atoms with E-state index in [1.54, 1.807) is 0 Å². The van der Waals surface area contributed by atoms with Crippen molar-refractivity contribution < 1.29 is 4.79 Å². The summed E-state index contributed by atoms with van der Waals surface area (Å²) < 4.78 is 0. The van der Waals surface area contributed by atoms with Crippen LogP contribution in [0.3, 0.4) is 0 Å². The van der Waals surface area contributed by atoms with E-state index in [0.29, 0.717) is 19.0 Å². The number of hydrogen-bond acceptors (Lipinski definition) is 3. The van der Waals surface area contributed by atoms with E-state index in [1.807, 2.05) is 12.3 Å². The van der Waals surface area contributed by atoms with Gasteiger partial charge in [0.1, 0.15) is 0 Å². The van der Waals surface area contributed by atoms with E-state index >= 15 is 0 Å². The maximum absolute atomic E-state index is 12.2. The molecule has 24 heavy (non-hydrogen) atoms. The molecule has 1 atom stereocenters. The van der Waals surface area contributed by atoms with Crippen LogP contribution in [-0.4, -0.2) is 34.9 Å². The first kappa shape index (κ1) is 16.9. The van der Waals surface area contributed by atoms with Crippen LogP contribution >= 0.6 is 0 Å². The maximum atomic E-state index is 12.2. The van der Waals surface area contributed by atoms with Crippen molar-refractivity contribution in [2.75, 3.05) is 13.1 Å². The number of fused-ring (bicyclic) bond motifs is 1. The standard InChI is InChI=1S/C20H27N3O/c1-15-7-9-17(18-6-5-11-21-20(15)18)14-22-19(24)10-8-16(2)23-12-3-4-13-23/h5-7,9,11,16H,3-4,8,10,12-14H2,1-2H3,(H,22,24)/t16-/m0/s1. The van der Waals surface area contributed by atoms with Crippen molar-refractivity contribution in [3.05, 3.63) is 41.6 Å². The topological polar surface area (TPSA) is 45.2 Å². The largest absolute Gasteiger partial charge is 0.352 e. The molecule has 1 N–H and O–H groups in total. The lowest BCUT2D eigenvalue weighted by Crippen LogP contribution is -2.32. The Morgan fingerprint density at radius 1 is 1.29 bits per heavy atom. The van der Waals surface area contributed by atoms with Crippen LogP contribution in [0.25, 0.3) is 10.9 Å². The van der Waals surface area contributed by atoms with E-state index < -0.39 is 0 Å². The number of pyridine rings is 1. The molecule has 1 amide bonds. The van der Waals surface area contributed by atoms with Crippen molar-refractivity contribution in [1.82, 2.24) is 15.2 Å². The van der Waals surface area contributed by atoms with E-state index in [9.17, 15) is 4.79 Å². The summed E-state index contributed by atoms with van der Waals surface area (Å²) in [5.41, 5.74) is 3.32. The first-order valence-corrected chi connectivity index (χ1v) is 8.99. The van der Waals surface area contributed by atoms with Crippen molar-refractivity contribution in [2.45, 2.75) is 52.1 Å². The van der Waals surface area contributed by atoms with E-state index in [0.717, 1.165) is 22.9 Å². The lowest BCUT2D eigenvalue weighted by atomic mass is 10.0. The molecule has 1 aromatic heterocycles. The first-order chi connectivity index (χ1) is 11.6. The molecule has 3 rings (SSSR count). The molecule has 2 heterocycles. The number of aromatic nitrogens is 1. The average molecular weight is 325 g/mol. The average Bonchev–Trinajstić information content (AvgIpc) is 3.14. The second-order valence-electron chi connectivity index (χ2n) is 6.85. The fourth-order valence-corrected chi connectivity index (χ4v) is 3.51. The van der Waals surface area contributed by atoms with Gasteiger partial charge in [-0.25, -0.2) is 0 Å². The Morgan fingerprint density at radius 2 is 2.08 bits per heavy atom. The van der Waals surface area contributed by atoms with Gasteiger partial charge in [-0.05, 0) is 63.4 Å². The summed E-state index contributed by atoms with van der Waals surface area (Å²) in [5.74, 6) is 0.138. The quantitative estimate of drug-likeness (QED) is 0.885. The minimum absolute atomic E-state index is 0.138. The third kappa shape index (κ3) is 3.93. The predicted molar refractivity (Wildman–Crippen MR) is 97.8 cm³/mol. The Bertz CT molecular complexity index is 707. The number of carbonyl (C=O) groups excluding carboxylic acids is 1. The molecule has 0 unspecified atom stereocenters. The number of hydrogen-bond donors (Lipinski definition) is 1. The lowest BCUT2D eigenvalue weighted by molar-refractivity contribution is -0.121. The fourth-order valence-electron chi connectivity index (χ4n) is 3.51. The van der Waals surface area contributed by atoms with Crippen LogP contribution in [0, 0.1) is 6.92 Å². The maximum Gasteiger partial charge on any atom is 0.220 e. The second kappa shape index (κ2) is 7.75. The van der Waals surface area contributed by atoms with E-state index in [-0.39, 0.29) is 5.91 Å². The van der Waals surface area contributed by atoms with Crippen LogP contribution in [-0.2, 0) is 11.3 Å². The minimum atomic E-state index is 0.138. The Morgan fingerprint density at radius 3 is 2.88 bits per heavy atom. The number of carbonyl (C=O) groups is 1. The number of rotatable bonds is 6. The predicted octanol–water partition coefficient (Wildman–Crippen LogP) is 3.42. The van der Waals surface area contributed by atoms with Crippen LogP contribution in [0.4, 0.5) is 0 Å². The molecule has 2 aromatic rings. The molecule has 0 spiro atoms. The highest BCUT2D eigenvalue weighted by Gasteiger charge is 2.18. The smallest absolute Gasteiger partial charge is 0.220 e. The highest BCUT2D eigenvalue weighted by Crippen LogP contribution is 2.20. The van der Waals surface area contributed by atoms with Crippen LogP contribution in [0.2, 0.25) is 0 Å². The summed E-state index contributed by atoms with van der Waals surface area (Å²) in [4.78, 5) is 19.1.